The average molecular weight is 299 g/mol. The van der Waals surface area contributed by atoms with E-state index in [0.717, 1.165) is 0 Å². The number of aromatic hydroxyl groups is 1. The maximum atomic E-state index is 12.7. The lowest BCUT2D eigenvalue weighted by Gasteiger charge is -2.13. The van der Waals surface area contributed by atoms with E-state index in [-0.39, 0.29) is 12.7 Å². The number of rotatable bonds is 4. The van der Waals surface area contributed by atoms with E-state index >= 15 is 0 Å². The van der Waals surface area contributed by atoms with Crippen LogP contribution >= 0.6 is 0 Å². The Morgan fingerprint density at radius 1 is 1.45 bits per heavy atom. The fourth-order valence-electron chi connectivity index (χ4n) is 1.44. The van der Waals surface area contributed by atoms with E-state index in [4.69, 9.17) is 5.11 Å². The van der Waals surface area contributed by atoms with Crippen LogP contribution in [0.1, 0.15) is 30.3 Å². The first-order chi connectivity index (χ1) is 9.16. The zero-order chi connectivity index (χ0) is 15.5. The van der Waals surface area contributed by atoms with Gasteiger partial charge >= 0.3 is 12.1 Å². The predicted molar refractivity (Wildman–Crippen MR) is 56.2 cm³/mol. The minimum Gasteiger partial charge on any atom is -0.506 e. The molecule has 0 radical (unpaired) electrons. The van der Waals surface area contributed by atoms with Crippen molar-refractivity contribution >= 4 is 5.97 Å². The minimum absolute atomic E-state index is 0.0486. The molecule has 0 amide bonds. The molecule has 0 unspecified atom stereocenters. The molecule has 0 aromatic carbocycles. The van der Waals surface area contributed by atoms with E-state index < -0.39 is 47.7 Å². The van der Waals surface area contributed by atoms with Gasteiger partial charge in [-0.25, -0.2) is 13.8 Å². The summed E-state index contributed by atoms with van der Waals surface area (Å²) in [4.78, 5) is 14.1. The second-order valence-corrected chi connectivity index (χ2v) is 3.67. The van der Waals surface area contributed by atoms with Gasteiger partial charge in [-0.3, -0.25) is 4.79 Å². The van der Waals surface area contributed by atoms with Crippen molar-refractivity contribution in [1.82, 2.24) is 4.98 Å². The summed E-state index contributed by atoms with van der Waals surface area (Å²) in [7, 11) is 0. The molecule has 20 heavy (non-hydrogen) atoms. The first kappa shape index (κ1) is 16.1. The maximum absolute atomic E-state index is 12.7. The van der Waals surface area contributed by atoms with Gasteiger partial charge in [0.25, 0.3) is 6.43 Å². The highest BCUT2D eigenvalue weighted by atomic mass is 19.4. The summed E-state index contributed by atoms with van der Waals surface area (Å²) in [6.07, 6.45) is -9.04. The Morgan fingerprint density at radius 2 is 2.05 bits per heavy atom. The summed E-state index contributed by atoms with van der Waals surface area (Å²) < 4.78 is 67.4. The van der Waals surface area contributed by atoms with E-state index in [1.807, 2.05) is 0 Å². The molecular formula is C11H10F5NO3. The van der Waals surface area contributed by atoms with Crippen LogP contribution in [0, 0.1) is 0 Å². The summed E-state index contributed by atoms with van der Waals surface area (Å²) in [6, 6.07) is 0.259. The quantitative estimate of drug-likeness (QED) is 0.686. The van der Waals surface area contributed by atoms with Crippen molar-refractivity contribution in [1.29, 1.82) is 0 Å². The summed E-state index contributed by atoms with van der Waals surface area (Å²) >= 11 is 0. The van der Waals surface area contributed by atoms with Crippen molar-refractivity contribution in [2.24, 2.45) is 0 Å². The van der Waals surface area contributed by atoms with E-state index in [1.54, 1.807) is 0 Å². The average Bonchev–Trinajstić information content (AvgIpc) is 2.29. The predicted octanol–water partition coefficient (Wildman–Crippen LogP) is 2.85. The number of carbonyl (C=O) groups excluding carboxylic acids is 1. The zero-order valence-corrected chi connectivity index (χ0v) is 10.2. The Hall–Kier alpha value is -1.93. The lowest BCUT2D eigenvalue weighted by atomic mass is 10.1. The first-order valence-electron chi connectivity index (χ1n) is 5.40. The molecule has 0 fully saturated rings. The molecule has 112 valence electrons. The van der Waals surface area contributed by atoms with Crippen LogP contribution in [-0.2, 0) is 22.1 Å². The Bertz CT molecular complexity index is 502. The van der Waals surface area contributed by atoms with Gasteiger partial charge in [0.2, 0.25) is 0 Å². The lowest BCUT2D eigenvalue weighted by Crippen LogP contribution is -2.16. The van der Waals surface area contributed by atoms with Gasteiger partial charge in [0.05, 0.1) is 18.7 Å². The SMILES string of the molecule is CCOC(=O)Cc1nc(C(F)(F)F)c(O)cc1C(F)F. The standard InChI is InChI=1S/C11H10F5NO3/c1-2-20-8(19)4-6-5(10(12)13)3-7(18)9(17-6)11(14,15)16/h3,10,18H,2,4H2,1H3. The number of esters is 1. The Balaban J connectivity index is 3.27. The molecule has 1 aromatic rings. The number of hydrogen-bond acceptors (Lipinski definition) is 4. The van der Waals surface area contributed by atoms with Gasteiger partial charge in [-0.1, -0.05) is 0 Å². The fourth-order valence-corrected chi connectivity index (χ4v) is 1.44. The number of aromatic nitrogens is 1. The Labute approximate surface area is 110 Å². The van der Waals surface area contributed by atoms with Crippen LogP contribution in [0.5, 0.6) is 5.75 Å². The molecule has 0 atom stereocenters. The molecule has 1 rings (SSSR count). The van der Waals surface area contributed by atoms with E-state index in [0.29, 0.717) is 0 Å². The molecule has 9 heteroatoms. The number of carbonyl (C=O) groups is 1. The number of alkyl halides is 5. The summed E-state index contributed by atoms with van der Waals surface area (Å²) in [6.45, 7) is 1.41. The van der Waals surface area contributed by atoms with E-state index in [2.05, 4.69) is 9.72 Å². The molecule has 0 aliphatic heterocycles. The Morgan fingerprint density at radius 3 is 2.50 bits per heavy atom. The van der Waals surface area contributed by atoms with Crippen LogP contribution in [0.2, 0.25) is 0 Å². The second kappa shape index (κ2) is 6.02. The monoisotopic (exact) mass is 299 g/mol. The number of nitrogens with zero attached hydrogens (tertiary/aromatic N) is 1. The lowest BCUT2D eigenvalue weighted by molar-refractivity contribution is -0.144. The third-order valence-corrected chi connectivity index (χ3v) is 2.24. The summed E-state index contributed by atoms with van der Waals surface area (Å²) in [5.41, 5.74) is -3.44. The van der Waals surface area contributed by atoms with Crippen LogP contribution in [-0.4, -0.2) is 22.7 Å². The highest BCUT2D eigenvalue weighted by Gasteiger charge is 2.37. The van der Waals surface area contributed by atoms with Crippen LogP contribution in [0.3, 0.4) is 0 Å². The van der Waals surface area contributed by atoms with Gasteiger partial charge in [-0.2, -0.15) is 13.2 Å². The third-order valence-electron chi connectivity index (χ3n) is 2.24. The Kier molecular flexibility index (Phi) is 4.85. The normalized spacial score (nSPS) is 11.8. The van der Waals surface area contributed by atoms with Gasteiger partial charge in [-0.15, -0.1) is 0 Å². The zero-order valence-electron chi connectivity index (χ0n) is 10.2. The van der Waals surface area contributed by atoms with Gasteiger partial charge in [0, 0.05) is 5.56 Å². The summed E-state index contributed by atoms with van der Waals surface area (Å²) in [5, 5.41) is 9.11. The second-order valence-electron chi connectivity index (χ2n) is 3.67. The molecule has 0 bridgehead atoms. The number of hydrogen-bond donors (Lipinski definition) is 1. The number of ether oxygens (including phenoxy) is 1. The summed E-state index contributed by atoms with van der Waals surface area (Å²) in [5.74, 6) is -2.40. The minimum atomic E-state index is -5.02. The molecule has 0 spiro atoms. The molecule has 1 aromatic heterocycles. The number of pyridine rings is 1. The van der Waals surface area contributed by atoms with Crippen LogP contribution in [0.4, 0.5) is 22.0 Å². The molecule has 0 saturated carbocycles. The van der Waals surface area contributed by atoms with Crippen molar-refractivity contribution in [2.45, 2.75) is 25.9 Å². The van der Waals surface area contributed by atoms with Crippen LogP contribution in [0.25, 0.3) is 0 Å². The largest absolute Gasteiger partial charge is 0.506 e. The molecule has 0 saturated heterocycles. The molecule has 4 nitrogen and oxygen atoms in total. The van der Waals surface area contributed by atoms with Crippen molar-refractivity contribution in [3.63, 3.8) is 0 Å². The molecule has 1 N–H and O–H groups in total. The third kappa shape index (κ3) is 3.78. The van der Waals surface area contributed by atoms with Gasteiger partial charge < -0.3 is 9.84 Å². The van der Waals surface area contributed by atoms with Crippen molar-refractivity contribution in [3.8, 4) is 5.75 Å². The van der Waals surface area contributed by atoms with Crippen molar-refractivity contribution in [2.75, 3.05) is 6.61 Å². The van der Waals surface area contributed by atoms with Crippen molar-refractivity contribution in [3.05, 3.63) is 23.0 Å². The highest BCUT2D eigenvalue weighted by molar-refractivity contribution is 5.72. The number of halogens is 5. The van der Waals surface area contributed by atoms with Gasteiger partial charge in [0.15, 0.2) is 5.69 Å². The van der Waals surface area contributed by atoms with E-state index in [1.165, 1.54) is 6.92 Å². The molecule has 0 aliphatic carbocycles. The van der Waals surface area contributed by atoms with Crippen LogP contribution < -0.4 is 0 Å². The highest BCUT2D eigenvalue weighted by Crippen LogP contribution is 2.37. The van der Waals surface area contributed by atoms with Gasteiger partial charge in [-0.05, 0) is 13.0 Å². The van der Waals surface area contributed by atoms with Crippen LogP contribution in [0.15, 0.2) is 6.07 Å². The van der Waals surface area contributed by atoms with E-state index in [9.17, 15) is 26.7 Å². The smallest absolute Gasteiger partial charge is 0.437 e. The van der Waals surface area contributed by atoms with Gasteiger partial charge in [0.1, 0.15) is 5.75 Å². The molecule has 0 aliphatic rings. The molecule has 1 heterocycles. The fraction of sp³-hybridized carbons (Fsp3) is 0.455. The molecular weight excluding hydrogens is 289 g/mol. The first-order valence-corrected chi connectivity index (χ1v) is 5.40. The maximum Gasteiger partial charge on any atom is 0.437 e. The topological polar surface area (TPSA) is 59.4 Å². The van der Waals surface area contributed by atoms with Crippen molar-refractivity contribution < 1.29 is 36.6 Å².